The molecule has 0 amide bonds. The molecule has 1 heterocycles. The van der Waals surface area contributed by atoms with Gasteiger partial charge in [0.1, 0.15) is 0 Å². The van der Waals surface area contributed by atoms with Crippen molar-refractivity contribution in [2.24, 2.45) is 5.92 Å². The lowest BCUT2D eigenvalue weighted by atomic mass is 9.78. The summed E-state index contributed by atoms with van der Waals surface area (Å²) in [7, 11) is 5.72. The van der Waals surface area contributed by atoms with Crippen molar-refractivity contribution in [1.82, 2.24) is 0 Å². The Hall–Kier alpha value is -0.505. The Labute approximate surface area is 86.6 Å². The van der Waals surface area contributed by atoms with Gasteiger partial charge in [0.25, 0.3) is 5.97 Å². The van der Waals surface area contributed by atoms with E-state index in [1.165, 1.54) is 0 Å². The van der Waals surface area contributed by atoms with Gasteiger partial charge in [-0.15, -0.1) is 0 Å². The summed E-state index contributed by atoms with van der Waals surface area (Å²) >= 11 is 0. The van der Waals surface area contributed by atoms with Crippen LogP contribution in [0.1, 0.15) is 26.2 Å². The molecule has 0 aromatic heterocycles. The molecular formula is C10H17BO3. The van der Waals surface area contributed by atoms with Crippen LogP contribution in [0.3, 0.4) is 0 Å². The van der Waals surface area contributed by atoms with Crippen LogP contribution in [0.15, 0.2) is 0 Å². The van der Waals surface area contributed by atoms with Crippen LogP contribution in [0, 0.1) is 5.92 Å². The second-order valence-electron chi connectivity index (χ2n) is 3.65. The summed E-state index contributed by atoms with van der Waals surface area (Å²) in [5.41, 5.74) is 0. The summed E-state index contributed by atoms with van der Waals surface area (Å²) in [4.78, 5) is 11.2. The maximum Gasteiger partial charge on any atom is 0.300 e. The number of ether oxygens (including phenoxy) is 2. The Morgan fingerprint density at radius 2 is 2.21 bits per heavy atom. The summed E-state index contributed by atoms with van der Waals surface area (Å²) in [5, 5.41) is 0. The predicted molar refractivity (Wildman–Crippen MR) is 54.3 cm³/mol. The normalized spacial score (nSPS) is 20.4. The number of hydrogen-bond donors (Lipinski definition) is 0. The van der Waals surface area contributed by atoms with Crippen LogP contribution in [0.25, 0.3) is 0 Å². The highest BCUT2D eigenvalue weighted by molar-refractivity contribution is 6.22. The molecule has 0 aromatic rings. The van der Waals surface area contributed by atoms with E-state index in [1.54, 1.807) is 6.92 Å². The van der Waals surface area contributed by atoms with Gasteiger partial charge in [0.15, 0.2) is 0 Å². The van der Waals surface area contributed by atoms with Crippen LogP contribution >= 0.6 is 0 Å². The van der Waals surface area contributed by atoms with Gasteiger partial charge < -0.3 is 9.47 Å². The monoisotopic (exact) mass is 196 g/mol. The molecule has 78 valence electrons. The first-order valence-electron chi connectivity index (χ1n) is 5.24. The van der Waals surface area contributed by atoms with E-state index in [0.717, 1.165) is 32.5 Å². The van der Waals surface area contributed by atoms with Crippen LogP contribution in [-0.4, -0.2) is 33.6 Å². The molecule has 14 heavy (non-hydrogen) atoms. The zero-order valence-corrected chi connectivity index (χ0v) is 8.70. The molecular weight excluding hydrogens is 179 g/mol. The van der Waals surface area contributed by atoms with Crippen molar-refractivity contribution < 1.29 is 14.3 Å². The van der Waals surface area contributed by atoms with Gasteiger partial charge in [0.05, 0.1) is 14.5 Å². The molecule has 0 bridgehead atoms. The molecule has 1 saturated heterocycles. The summed E-state index contributed by atoms with van der Waals surface area (Å²) in [6.45, 7) is 3.78. The lowest BCUT2D eigenvalue weighted by Crippen LogP contribution is -2.21. The van der Waals surface area contributed by atoms with Gasteiger partial charge in [-0.2, -0.15) is 0 Å². The van der Waals surface area contributed by atoms with E-state index in [-0.39, 0.29) is 5.97 Å². The van der Waals surface area contributed by atoms with Crippen molar-refractivity contribution in [1.29, 1.82) is 0 Å². The smallest absolute Gasteiger partial charge is 0.300 e. The van der Waals surface area contributed by atoms with E-state index >= 15 is 0 Å². The minimum Gasteiger partial charge on any atom is -0.466 e. The van der Waals surface area contributed by atoms with E-state index in [1.807, 2.05) is 0 Å². The van der Waals surface area contributed by atoms with Crippen LogP contribution in [-0.2, 0) is 14.3 Å². The Kier molecular flexibility index (Phi) is 5.01. The van der Waals surface area contributed by atoms with Crippen molar-refractivity contribution in [3.8, 4) is 0 Å². The molecule has 1 unspecified atom stereocenters. The first-order chi connectivity index (χ1) is 6.74. The van der Waals surface area contributed by atoms with Crippen molar-refractivity contribution >= 4 is 13.8 Å². The lowest BCUT2D eigenvalue weighted by Gasteiger charge is -2.24. The molecule has 1 aliphatic rings. The van der Waals surface area contributed by atoms with Crippen LogP contribution in [0.2, 0.25) is 5.82 Å². The maximum absolute atomic E-state index is 11.2. The fraction of sp³-hybridized carbons (Fsp3) is 0.900. The van der Waals surface area contributed by atoms with Gasteiger partial charge in [-0.05, 0) is 32.1 Å². The Morgan fingerprint density at radius 3 is 2.79 bits per heavy atom. The first-order valence-corrected chi connectivity index (χ1v) is 5.24. The molecule has 0 saturated carbocycles. The molecule has 0 aliphatic carbocycles. The molecule has 1 aliphatic heterocycles. The van der Waals surface area contributed by atoms with Gasteiger partial charge in [-0.1, -0.05) is 0 Å². The van der Waals surface area contributed by atoms with Gasteiger partial charge in [0, 0.05) is 19.0 Å². The second-order valence-corrected chi connectivity index (χ2v) is 3.65. The molecule has 2 radical (unpaired) electrons. The number of hydrogen-bond acceptors (Lipinski definition) is 3. The highest BCUT2D eigenvalue weighted by atomic mass is 16.5. The van der Waals surface area contributed by atoms with Crippen molar-refractivity contribution in [3.05, 3.63) is 0 Å². The predicted octanol–water partition coefficient (Wildman–Crippen LogP) is 1.32. The van der Waals surface area contributed by atoms with E-state index in [9.17, 15) is 4.79 Å². The van der Waals surface area contributed by atoms with E-state index in [4.69, 9.17) is 17.3 Å². The van der Waals surface area contributed by atoms with Gasteiger partial charge in [-0.3, -0.25) is 4.79 Å². The fourth-order valence-corrected chi connectivity index (χ4v) is 1.69. The third-order valence-electron chi connectivity index (χ3n) is 2.52. The van der Waals surface area contributed by atoms with Crippen LogP contribution in [0.4, 0.5) is 0 Å². The van der Waals surface area contributed by atoms with Crippen molar-refractivity contribution in [2.45, 2.75) is 32.0 Å². The minimum absolute atomic E-state index is 0.279. The lowest BCUT2D eigenvalue weighted by molar-refractivity contribution is -0.143. The van der Waals surface area contributed by atoms with Crippen LogP contribution < -0.4 is 0 Å². The molecule has 1 atom stereocenters. The standard InChI is InChI=1S/C10H17BO3/c1-2-14-10(12)9(11)7-8-3-5-13-6-4-8/h8-9H,2-7H2,1H3. The number of carbonyl (C=O) groups is 1. The summed E-state index contributed by atoms with van der Waals surface area (Å²) < 4.78 is 10.1. The topological polar surface area (TPSA) is 35.5 Å². The molecule has 0 spiro atoms. The Balaban J connectivity index is 2.24. The summed E-state index contributed by atoms with van der Waals surface area (Å²) in [5.74, 6) is -0.222. The minimum atomic E-state index is -0.460. The molecule has 0 aromatic carbocycles. The third kappa shape index (κ3) is 3.70. The summed E-state index contributed by atoms with van der Waals surface area (Å²) in [6, 6.07) is 0. The Bertz CT molecular complexity index is 178. The quantitative estimate of drug-likeness (QED) is 0.502. The third-order valence-corrected chi connectivity index (χ3v) is 2.52. The van der Waals surface area contributed by atoms with E-state index in [0.29, 0.717) is 12.5 Å². The van der Waals surface area contributed by atoms with Crippen molar-refractivity contribution in [2.75, 3.05) is 19.8 Å². The molecule has 1 fully saturated rings. The van der Waals surface area contributed by atoms with Crippen molar-refractivity contribution in [3.63, 3.8) is 0 Å². The molecule has 0 N–H and O–H groups in total. The number of rotatable bonds is 4. The van der Waals surface area contributed by atoms with Gasteiger partial charge in [0.2, 0.25) is 0 Å². The van der Waals surface area contributed by atoms with E-state index < -0.39 is 5.82 Å². The zero-order valence-electron chi connectivity index (χ0n) is 8.70. The van der Waals surface area contributed by atoms with E-state index in [2.05, 4.69) is 0 Å². The fourth-order valence-electron chi connectivity index (χ4n) is 1.69. The molecule has 4 heteroatoms. The molecule has 3 nitrogen and oxygen atoms in total. The van der Waals surface area contributed by atoms with Gasteiger partial charge >= 0.3 is 0 Å². The molecule has 1 rings (SSSR count). The van der Waals surface area contributed by atoms with Crippen LogP contribution in [0.5, 0.6) is 0 Å². The highest BCUT2D eigenvalue weighted by Gasteiger charge is 2.21. The second kappa shape index (κ2) is 6.07. The number of carbonyl (C=O) groups excluding carboxylic acids is 1. The zero-order chi connectivity index (χ0) is 10.4. The highest BCUT2D eigenvalue weighted by Crippen LogP contribution is 2.24. The number of esters is 1. The maximum atomic E-state index is 11.2. The largest absolute Gasteiger partial charge is 0.466 e. The summed E-state index contributed by atoms with van der Waals surface area (Å²) in [6.07, 6.45) is 2.74. The Morgan fingerprint density at radius 1 is 1.57 bits per heavy atom. The average Bonchev–Trinajstić information content (AvgIpc) is 2.19. The SMILES string of the molecule is [B]C(CC1CCOCC1)C(=O)OCC. The first kappa shape index (κ1) is 11.6. The average molecular weight is 196 g/mol. The van der Waals surface area contributed by atoms with Gasteiger partial charge in [-0.25, -0.2) is 0 Å².